The molecule has 0 saturated carbocycles. The van der Waals surface area contributed by atoms with Gasteiger partial charge in [0.05, 0.1) is 0 Å². The minimum atomic E-state index is 0.653. The summed E-state index contributed by atoms with van der Waals surface area (Å²) in [5, 5.41) is 6.33. The lowest BCUT2D eigenvalue weighted by Gasteiger charge is -2.03. The molecule has 0 radical (unpaired) electrons. The van der Waals surface area contributed by atoms with Crippen LogP contribution in [0.3, 0.4) is 0 Å². The molecule has 0 aromatic heterocycles. The minimum Gasteiger partial charge on any atom is -0.392 e. The predicted octanol–water partition coefficient (Wildman–Crippen LogP) is 2.54. The number of hydrogen-bond donors (Lipinski definition) is 2. The fourth-order valence-corrected chi connectivity index (χ4v) is 1.17. The molecular formula is C10H13N3. The third-order valence-corrected chi connectivity index (χ3v) is 1.82. The first-order valence-electron chi connectivity index (χ1n) is 4.10. The van der Waals surface area contributed by atoms with Crippen LogP contribution < -0.4 is 5.32 Å². The van der Waals surface area contributed by atoms with Crippen molar-refractivity contribution in [1.82, 2.24) is 5.32 Å². The van der Waals surface area contributed by atoms with E-state index in [4.69, 9.17) is 5.53 Å². The zero-order chi connectivity index (χ0) is 9.68. The molecule has 3 nitrogen and oxygen atoms in total. The van der Waals surface area contributed by atoms with Crippen molar-refractivity contribution in [2.45, 2.75) is 6.92 Å². The van der Waals surface area contributed by atoms with Crippen molar-refractivity contribution in [1.29, 1.82) is 5.53 Å². The minimum absolute atomic E-state index is 0.653. The van der Waals surface area contributed by atoms with Crippen LogP contribution >= 0.6 is 0 Å². The van der Waals surface area contributed by atoms with Crippen molar-refractivity contribution in [3.63, 3.8) is 0 Å². The van der Waals surface area contributed by atoms with Gasteiger partial charge in [0.15, 0.2) is 0 Å². The highest BCUT2D eigenvalue weighted by Gasteiger charge is 2.01. The van der Waals surface area contributed by atoms with Gasteiger partial charge in [-0.05, 0) is 12.5 Å². The second-order valence-electron chi connectivity index (χ2n) is 2.74. The van der Waals surface area contributed by atoms with Gasteiger partial charge < -0.3 is 5.32 Å². The van der Waals surface area contributed by atoms with E-state index in [1.165, 1.54) is 0 Å². The highest BCUT2D eigenvalue weighted by molar-refractivity contribution is 5.66. The highest BCUT2D eigenvalue weighted by Crippen LogP contribution is 2.18. The van der Waals surface area contributed by atoms with E-state index >= 15 is 0 Å². The molecule has 1 aromatic rings. The largest absolute Gasteiger partial charge is 0.392 e. The Bertz CT molecular complexity index is 329. The molecule has 0 amide bonds. The van der Waals surface area contributed by atoms with Crippen molar-refractivity contribution in [3.8, 4) is 0 Å². The molecule has 3 heteroatoms. The highest BCUT2D eigenvalue weighted by atomic mass is 15.0. The Morgan fingerprint density at radius 3 is 2.69 bits per heavy atom. The third kappa shape index (κ3) is 2.15. The van der Waals surface area contributed by atoms with Gasteiger partial charge in [-0.3, -0.25) is 0 Å². The molecular weight excluding hydrogens is 162 g/mol. The van der Waals surface area contributed by atoms with Gasteiger partial charge in [-0.2, -0.15) is 5.11 Å². The van der Waals surface area contributed by atoms with Gasteiger partial charge in [0, 0.05) is 18.8 Å². The molecule has 0 atom stereocenters. The second kappa shape index (κ2) is 4.40. The van der Waals surface area contributed by atoms with Crippen LogP contribution in [0.5, 0.6) is 0 Å². The normalized spacial score (nSPS) is 11.1. The lowest BCUT2D eigenvalue weighted by Crippen LogP contribution is -1.95. The summed E-state index contributed by atoms with van der Waals surface area (Å²) >= 11 is 0. The number of benzene rings is 1. The summed E-state index contributed by atoms with van der Waals surface area (Å²) in [5.41, 5.74) is 9.78. The summed E-state index contributed by atoms with van der Waals surface area (Å²) in [6, 6.07) is 7.87. The molecule has 0 aliphatic heterocycles. The Morgan fingerprint density at radius 2 is 2.15 bits per heavy atom. The van der Waals surface area contributed by atoms with Crippen LogP contribution in [0.15, 0.2) is 35.6 Å². The molecule has 0 aliphatic carbocycles. The molecule has 0 aliphatic rings. The van der Waals surface area contributed by atoms with E-state index < -0.39 is 0 Å². The number of nitrogens with zero attached hydrogens (tertiary/aromatic N) is 1. The summed E-state index contributed by atoms with van der Waals surface area (Å²) < 4.78 is 0. The summed E-state index contributed by atoms with van der Waals surface area (Å²) in [5.74, 6) is 0. The number of nitrogens with one attached hydrogen (secondary N) is 2. The quantitative estimate of drug-likeness (QED) is 0.681. The van der Waals surface area contributed by atoms with Gasteiger partial charge in [-0.1, -0.05) is 24.3 Å². The molecule has 0 unspecified atom stereocenters. The maximum absolute atomic E-state index is 7.01. The Labute approximate surface area is 78.0 Å². The molecule has 0 spiro atoms. The average molecular weight is 175 g/mol. The monoisotopic (exact) mass is 175 g/mol. The first kappa shape index (κ1) is 9.45. The van der Waals surface area contributed by atoms with Crippen LogP contribution in [0.2, 0.25) is 0 Å². The van der Waals surface area contributed by atoms with Crippen LogP contribution in [0.25, 0.3) is 5.70 Å². The van der Waals surface area contributed by atoms with Gasteiger partial charge in [-0.15, -0.1) is 0 Å². The summed E-state index contributed by atoms with van der Waals surface area (Å²) in [6.07, 6.45) is 1.72. The molecule has 2 N–H and O–H groups in total. The maximum atomic E-state index is 7.01. The Morgan fingerprint density at radius 1 is 1.46 bits per heavy atom. The van der Waals surface area contributed by atoms with Gasteiger partial charge in [0.1, 0.15) is 5.70 Å². The third-order valence-electron chi connectivity index (χ3n) is 1.82. The predicted molar refractivity (Wildman–Crippen MR) is 53.4 cm³/mol. The molecule has 68 valence electrons. The Kier molecular flexibility index (Phi) is 3.20. The number of rotatable bonds is 3. The second-order valence-corrected chi connectivity index (χ2v) is 2.74. The topological polar surface area (TPSA) is 48.2 Å². The lowest BCUT2D eigenvalue weighted by molar-refractivity contribution is 1.07. The Balaban J connectivity index is 3.12. The fourth-order valence-electron chi connectivity index (χ4n) is 1.17. The van der Waals surface area contributed by atoms with Gasteiger partial charge in [-0.25, -0.2) is 5.53 Å². The van der Waals surface area contributed by atoms with Crippen LogP contribution in [-0.4, -0.2) is 7.05 Å². The van der Waals surface area contributed by atoms with E-state index in [0.29, 0.717) is 5.70 Å². The van der Waals surface area contributed by atoms with E-state index in [-0.39, 0.29) is 0 Å². The molecule has 13 heavy (non-hydrogen) atoms. The first-order chi connectivity index (χ1) is 6.29. The van der Waals surface area contributed by atoms with Gasteiger partial charge in [0.25, 0.3) is 0 Å². The average Bonchev–Trinajstić information content (AvgIpc) is 2.16. The maximum Gasteiger partial charge on any atom is 0.108 e. The molecule has 1 rings (SSSR count). The van der Waals surface area contributed by atoms with Crippen LogP contribution in [-0.2, 0) is 0 Å². The molecule has 0 fully saturated rings. The lowest BCUT2D eigenvalue weighted by atomic mass is 10.1. The SMILES string of the molecule is CN/C=C(\N=N)c1ccccc1C. The van der Waals surface area contributed by atoms with Crippen molar-refractivity contribution in [2.75, 3.05) is 7.05 Å². The van der Waals surface area contributed by atoms with Crippen molar-refractivity contribution >= 4 is 5.70 Å². The van der Waals surface area contributed by atoms with Crippen molar-refractivity contribution in [2.24, 2.45) is 5.11 Å². The number of hydrogen-bond acceptors (Lipinski definition) is 3. The van der Waals surface area contributed by atoms with Gasteiger partial charge >= 0.3 is 0 Å². The van der Waals surface area contributed by atoms with Crippen molar-refractivity contribution in [3.05, 3.63) is 41.6 Å². The molecule has 0 saturated heterocycles. The van der Waals surface area contributed by atoms with Crippen LogP contribution in [0.4, 0.5) is 0 Å². The smallest absolute Gasteiger partial charge is 0.108 e. The van der Waals surface area contributed by atoms with E-state index in [1.54, 1.807) is 13.2 Å². The van der Waals surface area contributed by atoms with Crippen LogP contribution in [0, 0.1) is 12.5 Å². The standard InChI is InChI=1S/C10H13N3/c1-8-5-3-4-6-9(8)10(13-11)7-12-2/h3-7,11-12H,1-2H3/b10-7-,13-11?. The van der Waals surface area contributed by atoms with Gasteiger partial charge in [0.2, 0.25) is 0 Å². The molecule has 0 bridgehead atoms. The zero-order valence-electron chi connectivity index (χ0n) is 7.83. The molecule has 1 aromatic carbocycles. The van der Waals surface area contributed by atoms with E-state index in [0.717, 1.165) is 11.1 Å². The zero-order valence-corrected chi connectivity index (χ0v) is 7.83. The Hall–Kier alpha value is -1.64. The number of aryl methyl sites for hydroxylation is 1. The van der Waals surface area contributed by atoms with E-state index in [9.17, 15) is 0 Å². The summed E-state index contributed by atoms with van der Waals surface area (Å²) in [6.45, 7) is 2.00. The summed E-state index contributed by atoms with van der Waals surface area (Å²) in [4.78, 5) is 0. The first-order valence-corrected chi connectivity index (χ1v) is 4.10. The van der Waals surface area contributed by atoms with Crippen LogP contribution in [0.1, 0.15) is 11.1 Å². The van der Waals surface area contributed by atoms with E-state index in [2.05, 4.69) is 10.4 Å². The molecule has 0 heterocycles. The summed E-state index contributed by atoms with van der Waals surface area (Å²) in [7, 11) is 1.80. The van der Waals surface area contributed by atoms with Crippen molar-refractivity contribution < 1.29 is 0 Å². The fraction of sp³-hybridized carbons (Fsp3) is 0.200. The van der Waals surface area contributed by atoms with E-state index in [1.807, 2.05) is 31.2 Å².